The summed E-state index contributed by atoms with van der Waals surface area (Å²) in [6.45, 7) is 4.24. The Kier molecular flexibility index (Phi) is 4.50. The molecule has 124 valence electrons. The van der Waals surface area contributed by atoms with Gasteiger partial charge in [-0.05, 0) is 36.8 Å². The fourth-order valence-electron chi connectivity index (χ4n) is 2.77. The Morgan fingerprint density at radius 2 is 2.22 bits per heavy atom. The molecule has 1 saturated carbocycles. The molecule has 2 fully saturated rings. The van der Waals surface area contributed by atoms with Crippen molar-refractivity contribution < 1.29 is 14.3 Å². The van der Waals surface area contributed by atoms with Gasteiger partial charge in [-0.3, -0.25) is 9.69 Å². The number of carbonyl (C=O) groups excluding carboxylic acids is 2. The van der Waals surface area contributed by atoms with E-state index in [0.717, 1.165) is 24.8 Å². The van der Waals surface area contributed by atoms with Crippen LogP contribution in [0.1, 0.15) is 45.1 Å². The fourth-order valence-corrected chi connectivity index (χ4v) is 2.77. The molecule has 0 spiro atoms. The van der Waals surface area contributed by atoms with Crippen molar-refractivity contribution in [1.29, 1.82) is 0 Å². The van der Waals surface area contributed by atoms with Crippen LogP contribution in [0.5, 0.6) is 5.88 Å². The van der Waals surface area contributed by atoms with Gasteiger partial charge in [0.25, 0.3) is 5.91 Å². The fraction of sp³-hybridized carbons (Fsp3) is 0.588. The molecule has 1 aromatic rings. The molecular formula is C17H23N3O3. The predicted molar refractivity (Wildman–Crippen MR) is 84.8 cm³/mol. The van der Waals surface area contributed by atoms with Crippen molar-refractivity contribution >= 4 is 11.9 Å². The van der Waals surface area contributed by atoms with E-state index < -0.39 is 6.04 Å². The summed E-state index contributed by atoms with van der Waals surface area (Å²) in [7, 11) is 0. The zero-order valence-electron chi connectivity index (χ0n) is 13.6. The minimum atomic E-state index is -0.417. The predicted octanol–water partition coefficient (Wildman–Crippen LogP) is 2.48. The maximum atomic E-state index is 12.4. The van der Waals surface area contributed by atoms with Gasteiger partial charge in [-0.25, -0.2) is 9.78 Å². The highest BCUT2D eigenvalue weighted by Crippen LogP contribution is 2.25. The molecule has 23 heavy (non-hydrogen) atoms. The first-order valence-corrected chi connectivity index (χ1v) is 8.32. The number of hydrogen-bond acceptors (Lipinski definition) is 4. The molecular weight excluding hydrogens is 294 g/mol. The van der Waals surface area contributed by atoms with Crippen LogP contribution in [-0.4, -0.2) is 34.0 Å². The third-order valence-corrected chi connectivity index (χ3v) is 4.75. The minimum absolute atomic E-state index is 0.131. The lowest BCUT2D eigenvalue weighted by atomic mass is 9.96. The molecule has 2 aliphatic rings. The number of ether oxygens (including phenoxy) is 1. The minimum Gasteiger partial charge on any atom is -0.474 e. The average molecular weight is 317 g/mol. The molecule has 3 rings (SSSR count). The highest BCUT2D eigenvalue weighted by atomic mass is 16.5. The number of aromatic nitrogens is 1. The summed E-state index contributed by atoms with van der Waals surface area (Å²) in [6.07, 6.45) is 6.09. The molecule has 6 nitrogen and oxygen atoms in total. The van der Waals surface area contributed by atoms with Gasteiger partial charge in [0, 0.05) is 12.3 Å². The van der Waals surface area contributed by atoms with Crippen LogP contribution in [0.4, 0.5) is 4.79 Å². The number of imide groups is 1. The summed E-state index contributed by atoms with van der Waals surface area (Å²) in [4.78, 5) is 30.0. The number of pyridine rings is 1. The van der Waals surface area contributed by atoms with Crippen LogP contribution in [0, 0.1) is 5.92 Å². The Morgan fingerprint density at radius 1 is 1.43 bits per heavy atom. The van der Waals surface area contributed by atoms with Crippen LogP contribution in [0.2, 0.25) is 0 Å². The van der Waals surface area contributed by atoms with E-state index >= 15 is 0 Å². The van der Waals surface area contributed by atoms with E-state index in [0.29, 0.717) is 5.88 Å². The summed E-state index contributed by atoms with van der Waals surface area (Å²) < 4.78 is 5.77. The zero-order chi connectivity index (χ0) is 16.4. The van der Waals surface area contributed by atoms with Crippen molar-refractivity contribution in [2.75, 3.05) is 0 Å². The Hall–Kier alpha value is -2.11. The van der Waals surface area contributed by atoms with Crippen LogP contribution in [0.15, 0.2) is 18.3 Å². The number of amides is 3. The van der Waals surface area contributed by atoms with Crippen molar-refractivity contribution in [3.05, 3.63) is 23.9 Å². The van der Waals surface area contributed by atoms with E-state index in [1.807, 2.05) is 26.0 Å². The second-order valence-electron chi connectivity index (χ2n) is 6.41. The zero-order valence-corrected chi connectivity index (χ0v) is 13.6. The third kappa shape index (κ3) is 3.30. The standard InChI is InChI=1S/C17H23N3O3/c1-3-11(2)15-16(21)20(17(22)19-15)10-12-7-8-18-14(9-12)23-13-5-4-6-13/h7-9,11,13,15H,3-6,10H2,1-2H3,(H,19,22)/t11-,15-/m1/s1. The van der Waals surface area contributed by atoms with Crippen LogP contribution in [0.25, 0.3) is 0 Å². The van der Waals surface area contributed by atoms with E-state index in [4.69, 9.17) is 4.74 Å². The lowest BCUT2D eigenvalue weighted by molar-refractivity contribution is -0.128. The average Bonchev–Trinajstić information content (AvgIpc) is 2.79. The molecule has 0 bridgehead atoms. The maximum absolute atomic E-state index is 12.4. The van der Waals surface area contributed by atoms with E-state index in [9.17, 15) is 9.59 Å². The Labute approximate surface area is 136 Å². The van der Waals surface area contributed by atoms with Crippen LogP contribution >= 0.6 is 0 Å². The summed E-state index contributed by atoms with van der Waals surface area (Å²) in [5.41, 5.74) is 0.850. The topological polar surface area (TPSA) is 71.5 Å². The molecule has 1 saturated heterocycles. The molecule has 1 aromatic heterocycles. The number of carbonyl (C=O) groups is 2. The van der Waals surface area contributed by atoms with Gasteiger partial charge < -0.3 is 10.1 Å². The van der Waals surface area contributed by atoms with E-state index in [2.05, 4.69) is 10.3 Å². The second-order valence-corrected chi connectivity index (χ2v) is 6.41. The van der Waals surface area contributed by atoms with E-state index in [1.165, 1.54) is 11.3 Å². The summed E-state index contributed by atoms with van der Waals surface area (Å²) in [5.74, 6) is 0.548. The molecule has 2 atom stereocenters. The summed E-state index contributed by atoms with van der Waals surface area (Å²) >= 11 is 0. The molecule has 0 unspecified atom stereocenters. The highest BCUT2D eigenvalue weighted by Gasteiger charge is 2.40. The van der Waals surface area contributed by atoms with Crippen molar-refractivity contribution in [3.8, 4) is 5.88 Å². The van der Waals surface area contributed by atoms with Gasteiger partial charge >= 0.3 is 6.03 Å². The van der Waals surface area contributed by atoms with Gasteiger partial charge in [-0.2, -0.15) is 0 Å². The number of nitrogens with zero attached hydrogens (tertiary/aromatic N) is 2. The summed E-state index contributed by atoms with van der Waals surface area (Å²) in [6, 6.07) is 2.89. The molecule has 6 heteroatoms. The molecule has 1 aliphatic heterocycles. The SMILES string of the molecule is CC[C@@H](C)[C@H]1NC(=O)N(Cc2ccnc(OC3CCC3)c2)C1=O. The monoisotopic (exact) mass is 317 g/mol. The van der Waals surface area contributed by atoms with Crippen LogP contribution in [-0.2, 0) is 11.3 Å². The van der Waals surface area contributed by atoms with Gasteiger partial charge in [-0.1, -0.05) is 20.3 Å². The summed E-state index contributed by atoms with van der Waals surface area (Å²) in [5, 5.41) is 2.78. The number of urea groups is 1. The molecule has 0 aromatic carbocycles. The van der Waals surface area contributed by atoms with Crippen molar-refractivity contribution in [2.45, 2.75) is 58.2 Å². The molecule has 2 heterocycles. The van der Waals surface area contributed by atoms with E-state index in [-0.39, 0.29) is 30.5 Å². The Morgan fingerprint density at radius 3 is 2.87 bits per heavy atom. The Bertz CT molecular complexity index is 601. The maximum Gasteiger partial charge on any atom is 0.325 e. The first-order chi connectivity index (χ1) is 11.1. The molecule has 1 N–H and O–H groups in total. The molecule has 3 amide bonds. The first kappa shape index (κ1) is 15.8. The van der Waals surface area contributed by atoms with Gasteiger partial charge in [0.2, 0.25) is 5.88 Å². The first-order valence-electron chi connectivity index (χ1n) is 8.32. The lowest BCUT2D eigenvalue weighted by Gasteiger charge is -2.25. The highest BCUT2D eigenvalue weighted by molar-refractivity contribution is 6.04. The third-order valence-electron chi connectivity index (χ3n) is 4.75. The van der Waals surface area contributed by atoms with Gasteiger partial charge in [0.15, 0.2) is 0 Å². The van der Waals surface area contributed by atoms with Gasteiger partial charge in [0.1, 0.15) is 12.1 Å². The van der Waals surface area contributed by atoms with Gasteiger partial charge in [-0.15, -0.1) is 0 Å². The van der Waals surface area contributed by atoms with Crippen molar-refractivity contribution in [1.82, 2.24) is 15.2 Å². The van der Waals surface area contributed by atoms with Gasteiger partial charge in [0.05, 0.1) is 6.54 Å². The molecule has 1 aliphatic carbocycles. The van der Waals surface area contributed by atoms with E-state index in [1.54, 1.807) is 6.20 Å². The quantitative estimate of drug-likeness (QED) is 0.818. The largest absolute Gasteiger partial charge is 0.474 e. The normalized spacial score (nSPS) is 22.7. The number of hydrogen-bond donors (Lipinski definition) is 1. The lowest BCUT2D eigenvalue weighted by Crippen LogP contribution is -2.35. The van der Waals surface area contributed by atoms with Crippen LogP contribution in [0.3, 0.4) is 0 Å². The van der Waals surface area contributed by atoms with Crippen LogP contribution < -0.4 is 10.1 Å². The Balaban J connectivity index is 1.67. The number of rotatable bonds is 6. The smallest absolute Gasteiger partial charge is 0.325 e. The molecule has 0 radical (unpaired) electrons. The van der Waals surface area contributed by atoms with Crippen molar-refractivity contribution in [2.24, 2.45) is 5.92 Å². The van der Waals surface area contributed by atoms with Crippen molar-refractivity contribution in [3.63, 3.8) is 0 Å². The number of nitrogens with one attached hydrogen (secondary N) is 1. The second kappa shape index (κ2) is 6.56.